The SMILES string of the molecule is NOc1ccc(S)cc1. The highest BCUT2D eigenvalue weighted by atomic mass is 32.1. The molecular formula is C6H7NOS. The van der Waals surface area contributed by atoms with Gasteiger partial charge in [0, 0.05) is 4.90 Å². The molecule has 0 spiro atoms. The van der Waals surface area contributed by atoms with E-state index in [-0.39, 0.29) is 0 Å². The molecule has 0 aliphatic carbocycles. The molecule has 0 saturated carbocycles. The van der Waals surface area contributed by atoms with Crippen molar-refractivity contribution in [2.45, 2.75) is 4.90 Å². The van der Waals surface area contributed by atoms with Gasteiger partial charge in [-0.15, -0.1) is 12.6 Å². The largest absolute Gasteiger partial charge is 0.412 e. The lowest BCUT2D eigenvalue weighted by Crippen LogP contribution is -2.00. The number of rotatable bonds is 1. The van der Waals surface area contributed by atoms with Gasteiger partial charge in [-0.3, -0.25) is 0 Å². The summed E-state index contributed by atoms with van der Waals surface area (Å²) in [6, 6.07) is 7.13. The molecule has 1 aromatic carbocycles. The third-order valence-electron chi connectivity index (χ3n) is 0.973. The molecule has 0 aliphatic heterocycles. The molecule has 0 aliphatic rings. The zero-order valence-corrected chi connectivity index (χ0v) is 5.64. The fraction of sp³-hybridized carbons (Fsp3) is 0. The van der Waals surface area contributed by atoms with E-state index in [0.717, 1.165) is 4.90 Å². The highest BCUT2D eigenvalue weighted by Gasteiger charge is 1.87. The van der Waals surface area contributed by atoms with Crippen LogP contribution in [0.3, 0.4) is 0 Å². The first-order valence-corrected chi connectivity index (χ1v) is 2.93. The summed E-state index contributed by atoms with van der Waals surface area (Å²) in [6.45, 7) is 0. The lowest BCUT2D eigenvalue weighted by atomic mass is 10.3. The highest BCUT2D eigenvalue weighted by Crippen LogP contribution is 2.12. The van der Waals surface area contributed by atoms with Gasteiger partial charge in [0.25, 0.3) is 0 Å². The Balaban J connectivity index is 2.88. The smallest absolute Gasteiger partial charge is 0.146 e. The van der Waals surface area contributed by atoms with Crippen molar-refractivity contribution in [1.29, 1.82) is 0 Å². The standard InChI is InChI=1S/C6H7NOS/c7-8-5-1-3-6(9)4-2-5/h1-4,9H,7H2. The van der Waals surface area contributed by atoms with E-state index in [1.54, 1.807) is 12.1 Å². The quantitative estimate of drug-likeness (QED) is 0.455. The number of thiol groups is 1. The van der Waals surface area contributed by atoms with Crippen molar-refractivity contribution >= 4 is 12.6 Å². The van der Waals surface area contributed by atoms with Crippen LogP contribution in [0.25, 0.3) is 0 Å². The molecule has 0 amide bonds. The second-order valence-electron chi connectivity index (χ2n) is 1.61. The fourth-order valence-electron chi connectivity index (χ4n) is 0.525. The van der Waals surface area contributed by atoms with Crippen LogP contribution in [0.1, 0.15) is 0 Å². The predicted octanol–water partition coefficient (Wildman–Crippen LogP) is 1.23. The van der Waals surface area contributed by atoms with Gasteiger partial charge in [0.2, 0.25) is 0 Å². The lowest BCUT2D eigenvalue weighted by molar-refractivity contribution is 0.334. The van der Waals surface area contributed by atoms with Crippen LogP contribution in [-0.4, -0.2) is 0 Å². The van der Waals surface area contributed by atoms with Crippen LogP contribution in [-0.2, 0) is 0 Å². The van der Waals surface area contributed by atoms with Gasteiger partial charge in [-0.05, 0) is 24.3 Å². The van der Waals surface area contributed by atoms with Crippen LogP contribution in [0.5, 0.6) is 5.75 Å². The molecule has 1 rings (SSSR count). The Morgan fingerprint density at radius 1 is 1.22 bits per heavy atom. The summed E-state index contributed by atoms with van der Waals surface area (Å²) in [5.41, 5.74) is 0. The Hall–Kier alpha value is -0.670. The van der Waals surface area contributed by atoms with Crippen molar-refractivity contribution in [1.82, 2.24) is 0 Å². The van der Waals surface area contributed by atoms with Crippen molar-refractivity contribution in [3.8, 4) is 5.75 Å². The van der Waals surface area contributed by atoms with Crippen molar-refractivity contribution in [3.05, 3.63) is 24.3 Å². The maximum Gasteiger partial charge on any atom is 0.146 e. The summed E-state index contributed by atoms with van der Waals surface area (Å²) in [4.78, 5) is 5.33. The fourth-order valence-corrected chi connectivity index (χ4v) is 0.674. The molecule has 0 saturated heterocycles. The van der Waals surface area contributed by atoms with E-state index in [4.69, 9.17) is 5.90 Å². The highest BCUT2D eigenvalue weighted by molar-refractivity contribution is 7.80. The van der Waals surface area contributed by atoms with Crippen LogP contribution >= 0.6 is 12.6 Å². The van der Waals surface area contributed by atoms with Crippen LogP contribution < -0.4 is 10.7 Å². The number of benzene rings is 1. The zero-order valence-electron chi connectivity index (χ0n) is 4.74. The van der Waals surface area contributed by atoms with E-state index in [9.17, 15) is 0 Å². The Kier molecular flexibility index (Phi) is 1.97. The molecule has 0 radical (unpaired) electrons. The van der Waals surface area contributed by atoms with E-state index in [1.165, 1.54) is 0 Å². The molecule has 0 atom stereocenters. The maximum atomic E-state index is 4.87. The Bertz CT molecular complexity index is 185. The molecule has 0 unspecified atom stereocenters. The molecule has 2 nitrogen and oxygen atoms in total. The normalized spacial score (nSPS) is 9.11. The Morgan fingerprint density at radius 3 is 2.22 bits per heavy atom. The van der Waals surface area contributed by atoms with Crippen molar-refractivity contribution in [2.24, 2.45) is 5.90 Å². The molecule has 3 heteroatoms. The van der Waals surface area contributed by atoms with Crippen LogP contribution in [0.2, 0.25) is 0 Å². The molecule has 48 valence electrons. The summed E-state index contributed by atoms with van der Waals surface area (Å²) in [5.74, 6) is 5.52. The number of hydrogen-bond donors (Lipinski definition) is 2. The van der Waals surface area contributed by atoms with E-state index >= 15 is 0 Å². The van der Waals surface area contributed by atoms with E-state index in [0.29, 0.717) is 5.75 Å². The first-order chi connectivity index (χ1) is 4.33. The zero-order chi connectivity index (χ0) is 6.69. The van der Waals surface area contributed by atoms with Gasteiger partial charge in [0.15, 0.2) is 0 Å². The maximum absolute atomic E-state index is 4.87. The topological polar surface area (TPSA) is 35.2 Å². The minimum absolute atomic E-state index is 0.646. The minimum atomic E-state index is 0.646. The Labute approximate surface area is 59.0 Å². The average molecular weight is 141 g/mol. The predicted molar refractivity (Wildman–Crippen MR) is 38.5 cm³/mol. The van der Waals surface area contributed by atoms with Gasteiger partial charge in [-0.2, -0.15) is 5.90 Å². The molecule has 0 bridgehead atoms. The van der Waals surface area contributed by atoms with Crippen LogP contribution in [0, 0.1) is 0 Å². The van der Waals surface area contributed by atoms with Crippen LogP contribution in [0.15, 0.2) is 29.2 Å². The average Bonchev–Trinajstić information content (AvgIpc) is 1.90. The summed E-state index contributed by atoms with van der Waals surface area (Å²) in [7, 11) is 0. The van der Waals surface area contributed by atoms with Crippen LogP contribution in [0.4, 0.5) is 0 Å². The second-order valence-corrected chi connectivity index (χ2v) is 2.13. The third kappa shape index (κ3) is 1.62. The van der Waals surface area contributed by atoms with Gasteiger partial charge >= 0.3 is 0 Å². The second kappa shape index (κ2) is 2.75. The molecule has 0 heterocycles. The summed E-state index contributed by atoms with van der Waals surface area (Å²) in [5, 5.41) is 0. The molecule has 0 fully saturated rings. The van der Waals surface area contributed by atoms with Gasteiger partial charge in [-0.25, -0.2) is 0 Å². The summed E-state index contributed by atoms with van der Waals surface area (Å²) in [6.07, 6.45) is 0. The molecule has 9 heavy (non-hydrogen) atoms. The summed E-state index contributed by atoms with van der Waals surface area (Å²) >= 11 is 4.07. The van der Waals surface area contributed by atoms with Crippen molar-refractivity contribution < 1.29 is 4.84 Å². The number of hydrogen-bond acceptors (Lipinski definition) is 3. The van der Waals surface area contributed by atoms with Gasteiger partial charge in [0.05, 0.1) is 0 Å². The molecule has 1 aromatic rings. The first-order valence-electron chi connectivity index (χ1n) is 2.48. The first kappa shape index (κ1) is 6.45. The number of nitrogens with two attached hydrogens (primary N) is 1. The molecule has 2 N–H and O–H groups in total. The minimum Gasteiger partial charge on any atom is -0.412 e. The third-order valence-corrected chi connectivity index (χ3v) is 1.27. The monoisotopic (exact) mass is 141 g/mol. The van der Waals surface area contributed by atoms with Crippen molar-refractivity contribution in [2.75, 3.05) is 0 Å². The van der Waals surface area contributed by atoms with Crippen molar-refractivity contribution in [3.63, 3.8) is 0 Å². The van der Waals surface area contributed by atoms with E-state index < -0.39 is 0 Å². The lowest BCUT2D eigenvalue weighted by Gasteiger charge is -1.95. The molecular weight excluding hydrogens is 134 g/mol. The molecule has 0 aromatic heterocycles. The van der Waals surface area contributed by atoms with E-state index in [2.05, 4.69) is 17.5 Å². The van der Waals surface area contributed by atoms with Gasteiger partial charge in [-0.1, -0.05) is 0 Å². The summed E-state index contributed by atoms with van der Waals surface area (Å²) < 4.78 is 0. The van der Waals surface area contributed by atoms with E-state index in [1.807, 2.05) is 12.1 Å². The van der Waals surface area contributed by atoms with Gasteiger partial charge in [0.1, 0.15) is 5.75 Å². The van der Waals surface area contributed by atoms with Gasteiger partial charge < -0.3 is 4.84 Å². The Morgan fingerprint density at radius 2 is 1.78 bits per heavy atom.